The van der Waals surface area contributed by atoms with Gasteiger partial charge in [-0.15, -0.1) is 10.2 Å². The number of amides is 1. The summed E-state index contributed by atoms with van der Waals surface area (Å²) in [5.41, 5.74) is -0.352. The van der Waals surface area contributed by atoms with E-state index < -0.39 is 22.9 Å². The number of carbonyl (C=O) groups is 1. The molecule has 0 unspecified atom stereocenters. The standard InChI is InChI=1S/C16H12ClF3N4OS/c1-9(26-15-23-22-13-4-2-3-7-24(13)15)14(25)21-12-8-10(16(18,19)20)5-6-11(12)17/h2-9H,1H3,(H,21,25)/t9-/m0/s1. The van der Waals surface area contributed by atoms with Crippen LogP contribution in [0.4, 0.5) is 18.9 Å². The Morgan fingerprint density at radius 1 is 1.27 bits per heavy atom. The average molecular weight is 401 g/mol. The molecule has 1 amide bonds. The number of anilines is 1. The van der Waals surface area contributed by atoms with Crippen molar-refractivity contribution in [1.29, 1.82) is 0 Å². The SMILES string of the molecule is C[C@H](Sc1nnc2ccccn12)C(=O)Nc1cc(C(F)(F)F)ccc1Cl. The zero-order valence-corrected chi connectivity index (χ0v) is 14.9. The highest BCUT2D eigenvalue weighted by molar-refractivity contribution is 8.00. The van der Waals surface area contributed by atoms with Crippen molar-refractivity contribution in [3.8, 4) is 0 Å². The van der Waals surface area contributed by atoms with E-state index in [9.17, 15) is 18.0 Å². The summed E-state index contributed by atoms with van der Waals surface area (Å²) in [5.74, 6) is -0.496. The van der Waals surface area contributed by atoms with E-state index in [0.717, 1.165) is 30.0 Å². The summed E-state index contributed by atoms with van der Waals surface area (Å²) >= 11 is 7.04. The van der Waals surface area contributed by atoms with Crippen LogP contribution in [0.25, 0.3) is 5.65 Å². The third-order valence-corrected chi connectivity index (χ3v) is 4.87. The minimum Gasteiger partial charge on any atom is -0.324 e. The molecule has 3 aromatic rings. The van der Waals surface area contributed by atoms with Crippen LogP contribution in [0.1, 0.15) is 12.5 Å². The summed E-state index contributed by atoms with van der Waals surface area (Å²) in [7, 11) is 0. The van der Waals surface area contributed by atoms with Crippen molar-refractivity contribution in [3.63, 3.8) is 0 Å². The van der Waals surface area contributed by atoms with Gasteiger partial charge in [0.2, 0.25) is 5.91 Å². The molecular formula is C16H12ClF3N4OS. The largest absolute Gasteiger partial charge is 0.416 e. The normalized spacial score (nSPS) is 13.0. The number of hydrogen-bond acceptors (Lipinski definition) is 4. The molecule has 0 bridgehead atoms. The molecule has 0 radical (unpaired) electrons. The van der Waals surface area contributed by atoms with E-state index in [2.05, 4.69) is 15.5 Å². The number of nitrogens with zero attached hydrogens (tertiary/aromatic N) is 3. The number of alkyl halides is 3. The van der Waals surface area contributed by atoms with E-state index in [4.69, 9.17) is 11.6 Å². The Morgan fingerprint density at radius 3 is 2.77 bits per heavy atom. The van der Waals surface area contributed by atoms with E-state index in [-0.39, 0.29) is 10.7 Å². The minimum atomic E-state index is -4.52. The van der Waals surface area contributed by atoms with E-state index in [0.29, 0.717) is 10.8 Å². The lowest BCUT2D eigenvalue weighted by atomic mass is 10.2. The minimum absolute atomic E-state index is 0.0245. The van der Waals surface area contributed by atoms with Gasteiger partial charge in [-0.3, -0.25) is 9.20 Å². The van der Waals surface area contributed by atoms with E-state index in [1.165, 1.54) is 0 Å². The lowest BCUT2D eigenvalue weighted by Crippen LogP contribution is -2.23. The maximum Gasteiger partial charge on any atom is 0.416 e. The van der Waals surface area contributed by atoms with Crippen LogP contribution in [0.15, 0.2) is 47.8 Å². The van der Waals surface area contributed by atoms with Crippen LogP contribution in [0.2, 0.25) is 5.02 Å². The van der Waals surface area contributed by atoms with Gasteiger partial charge in [0.15, 0.2) is 10.8 Å². The molecule has 0 aliphatic rings. The molecule has 0 saturated carbocycles. The predicted molar refractivity (Wildman–Crippen MR) is 93.4 cm³/mol. The highest BCUT2D eigenvalue weighted by Gasteiger charge is 2.31. The molecule has 0 fully saturated rings. The van der Waals surface area contributed by atoms with Crippen LogP contribution in [-0.2, 0) is 11.0 Å². The molecule has 10 heteroatoms. The lowest BCUT2D eigenvalue weighted by Gasteiger charge is -2.14. The van der Waals surface area contributed by atoms with Gasteiger partial charge in [-0.05, 0) is 37.3 Å². The number of nitrogens with one attached hydrogen (secondary N) is 1. The predicted octanol–water partition coefficient (Wildman–Crippen LogP) is 4.52. The van der Waals surface area contributed by atoms with Gasteiger partial charge in [-0.1, -0.05) is 29.4 Å². The van der Waals surface area contributed by atoms with Gasteiger partial charge in [0.25, 0.3) is 0 Å². The zero-order valence-electron chi connectivity index (χ0n) is 13.3. The molecule has 1 aromatic carbocycles. The molecule has 2 heterocycles. The monoisotopic (exact) mass is 400 g/mol. The molecule has 1 N–H and O–H groups in total. The van der Waals surface area contributed by atoms with Crippen molar-refractivity contribution >= 4 is 40.6 Å². The number of aromatic nitrogens is 3. The molecule has 5 nitrogen and oxygen atoms in total. The second kappa shape index (κ2) is 7.16. The summed E-state index contributed by atoms with van der Waals surface area (Å²) in [6.07, 6.45) is -2.77. The first-order chi connectivity index (χ1) is 12.3. The fourth-order valence-electron chi connectivity index (χ4n) is 2.14. The lowest BCUT2D eigenvalue weighted by molar-refractivity contribution is -0.137. The Kier molecular flexibility index (Phi) is 5.10. The summed E-state index contributed by atoms with van der Waals surface area (Å²) in [4.78, 5) is 12.4. The van der Waals surface area contributed by atoms with Crippen LogP contribution in [0.5, 0.6) is 0 Å². The summed E-state index contributed by atoms with van der Waals surface area (Å²) in [5, 5.41) is 10.3. The first-order valence-corrected chi connectivity index (χ1v) is 8.65. The molecule has 136 valence electrons. The van der Waals surface area contributed by atoms with Crippen molar-refractivity contribution in [1.82, 2.24) is 14.6 Å². The van der Waals surface area contributed by atoms with Crippen LogP contribution in [-0.4, -0.2) is 25.8 Å². The van der Waals surface area contributed by atoms with Gasteiger partial charge in [0.05, 0.1) is 21.5 Å². The number of hydrogen-bond donors (Lipinski definition) is 1. The molecule has 1 atom stereocenters. The Balaban J connectivity index is 1.75. The highest BCUT2D eigenvalue weighted by atomic mass is 35.5. The van der Waals surface area contributed by atoms with Gasteiger partial charge in [-0.25, -0.2) is 0 Å². The smallest absolute Gasteiger partial charge is 0.324 e. The number of pyridine rings is 1. The van der Waals surface area contributed by atoms with Crippen LogP contribution >= 0.6 is 23.4 Å². The number of carbonyl (C=O) groups excluding carboxylic acids is 1. The van der Waals surface area contributed by atoms with Gasteiger partial charge in [0.1, 0.15) is 0 Å². The number of fused-ring (bicyclic) bond motifs is 1. The fraction of sp³-hybridized carbons (Fsp3) is 0.188. The average Bonchev–Trinajstić information content (AvgIpc) is 2.99. The molecule has 26 heavy (non-hydrogen) atoms. The van der Waals surface area contributed by atoms with Crippen molar-refractivity contribution in [2.24, 2.45) is 0 Å². The molecule has 3 rings (SSSR count). The zero-order chi connectivity index (χ0) is 18.9. The summed E-state index contributed by atoms with van der Waals surface area (Å²) in [6, 6.07) is 8.15. The number of rotatable bonds is 4. The van der Waals surface area contributed by atoms with E-state index >= 15 is 0 Å². The number of thioether (sulfide) groups is 1. The van der Waals surface area contributed by atoms with Crippen LogP contribution in [0.3, 0.4) is 0 Å². The Hall–Kier alpha value is -2.26. The first kappa shape index (κ1) is 18.5. The van der Waals surface area contributed by atoms with E-state index in [1.54, 1.807) is 29.7 Å². The first-order valence-electron chi connectivity index (χ1n) is 7.40. The van der Waals surface area contributed by atoms with Crippen LogP contribution in [0, 0.1) is 0 Å². The fourth-order valence-corrected chi connectivity index (χ4v) is 3.15. The van der Waals surface area contributed by atoms with Crippen molar-refractivity contribution in [2.45, 2.75) is 23.5 Å². The van der Waals surface area contributed by atoms with Crippen LogP contribution < -0.4 is 5.32 Å². The maximum atomic E-state index is 12.8. The third kappa shape index (κ3) is 3.94. The van der Waals surface area contributed by atoms with Crippen molar-refractivity contribution in [2.75, 3.05) is 5.32 Å². The number of benzene rings is 1. The third-order valence-electron chi connectivity index (χ3n) is 3.49. The molecular weight excluding hydrogens is 389 g/mol. The summed E-state index contributed by atoms with van der Waals surface area (Å²) < 4.78 is 40.2. The Labute approximate surface area is 155 Å². The van der Waals surface area contributed by atoms with Gasteiger partial charge in [0, 0.05) is 6.20 Å². The Bertz CT molecular complexity index is 960. The molecule has 0 spiro atoms. The van der Waals surface area contributed by atoms with Gasteiger partial charge >= 0.3 is 6.18 Å². The topological polar surface area (TPSA) is 59.3 Å². The quantitative estimate of drug-likeness (QED) is 0.654. The molecule has 2 aromatic heterocycles. The maximum absolute atomic E-state index is 12.8. The summed E-state index contributed by atoms with van der Waals surface area (Å²) in [6.45, 7) is 1.62. The van der Waals surface area contributed by atoms with Crippen molar-refractivity contribution < 1.29 is 18.0 Å². The Morgan fingerprint density at radius 2 is 2.04 bits per heavy atom. The van der Waals surface area contributed by atoms with Crippen molar-refractivity contribution in [3.05, 3.63) is 53.2 Å². The second-order valence-corrected chi connectivity index (χ2v) is 7.07. The highest BCUT2D eigenvalue weighted by Crippen LogP contribution is 2.34. The second-order valence-electron chi connectivity index (χ2n) is 5.35. The van der Waals surface area contributed by atoms with Gasteiger partial charge in [-0.2, -0.15) is 13.2 Å². The molecule has 0 saturated heterocycles. The number of halogens is 4. The van der Waals surface area contributed by atoms with Gasteiger partial charge < -0.3 is 5.32 Å². The molecule has 0 aliphatic heterocycles. The molecule has 0 aliphatic carbocycles. The van der Waals surface area contributed by atoms with E-state index in [1.807, 2.05) is 6.07 Å².